The quantitative estimate of drug-likeness (QED) is 0.793. The van der Waals surface area contributed by atoms with E-state index in [2.05, 4.69) is 0 Å². The summed E-state index contributed by atoms with van der Waals surface area (Å²) in [6.45, 7) is 5.46. The van der Waals surface area contributed by atoms with E-state index in [1.165, 1.54) is 4.90 Å². The van der Waals surface area contributed by atoms with Crippen LogP contribution in [0.5, 0.6) is 0 Å². The van der Waals surface area contributed by atoms with Crippen LogP contribution in [0.3, 0.4) is 0 Å². The molecule has 6 nitrogen and oxygen atoms in total. The highest BCUT2D eigenvalue weighted by Crippen LogP contribution is 2.20. The molecule has 1 saturated heterocycles. The van der Waals surface area contributed by atoms with Gasteiger partial charge in [-0.25, -0.2) is 9.59 Å². The Labute approximate surface area is 114 Å². The molecule has 0 bridgehead atoms. The monoisotopic (exact) mass is 272 g/mol. The maximum Gasteiger partial charge on any atom is 0.326 e. The van der Waals surface area contributed by atoms with Crippen LogP contribution < -0.4 is 0 Å². The second-order valence-electron chi connectivity index (χ2n) is 4.92. The van der Waals surface area contributed by atoms with Gasteiger partial charge in [-0.15, -0.1) is 0 Å². The summed E-state index contributed by atoms with van der Waals surface area (Å²) in [4.78, 5) is 26.8. The standard InChI is InChI=1S/C13H24N2O4/c1-4-10(2)14(8-9-19-3)13(18)15-7-5-6-11(15)12(16)17/h10-11H,4-9H2,1-3H3,(H,16,17)/t10?,11-/m0/s1. The van der Waals surface area contributed by atoms with Gasteiger partial charge >= 0.3 is 12.0 Å². The predicted molar refractivity (Wildman–Crippen MR) is 71.1 cm³/mol. The van der Waals surface area contributed by atoms with E-state index in [0.717, 1.165) is 12.8 Å². The molecular formula is C13H24N2O4. The van der Waals surface area contributed by atoms with Crippen molar-refractivity contribution >= 4 is 12.0 Å². The van der Waals surface area contributed by atoms with Crippen LogP contribution in [-0.2, 0) is 9.53 Å². The Kier molecular flexibility index (Phi) is 6.08. The largest absolute Gasteiger partial charge is 0.480 e. The summed E-state index contributed by atoms with van der Waals surface area (Å²) in [6.07, 6.45) is 2.13. The van der Waals surface area contributed by atoms with Crippen LogP contribution in [0.2, 0.25) is 0 Å². The first-order valence-corrected chi connectivity index (χ1v) is 6.81. The Bertz CT molecular complexity index is 322. The van der Waals surface area contributed by atoms with Crippen molar-refractivity contribution in [2.24, 2.45) is 0 Å². The average Bonchev–Trinajstić information content (AvgIpc) is 2.87. The molecule has 6 heteroatoms. The highest BCUT2D eigenvalue weighted by molar-refractivity contribution is 5.83. The third kappa shape index (κ3) is 3.83. The topological polar surface area (TPSA) is 70.1 Å². The number of hydrogen-bond donors (Lipinski definition) is 1. The number of hydrogen-bond acceptors (Lipinski definition) is 3. The van der Waals surface area contributed by atoms with Gasteiger partial charge in [0.05, 0.1) is 6.61 Å². The van der Waals surface area contributed by atoms with E-state index in [1.807, 2.05) is 13.8 Å². The second-order valence-corrected chi connectivity index (χ2v) is 4.92. The van der Waals surface area contributed by atoms with Crippen molar-refractivity contribution in [1.82, 2.24) is 9.80 Å². The number of methoxy groups -OCH3 is 1. The summed E-state index contributed by atoms with van der Waals surface area (Å²) in [7, 11) is 1.59. The van der Waals surface area contributed by atoms with E-state index >= 15 is 0 Å². The first-order valence-electron chi connectivity index (χ1n) is 6.81. The first-order chi connectivity index (χ1) is 9.02. The zero-order chi connectivity index (χ0) is 14.4. The molecule has 2 amide bonds. The molecular weight excluding hydrogens is 248 g/mol. The number of amides is 2. The third-order valence-electron chi connectivity index (χ3n) is 3.69. The summed E-state index contributed by atoms with van der Waals surface area (Å²) in [5.41, 5.74) is 0. The first kappa shape index (κ1) is 15.8. The molecule has 0 aromatic heterocycles. The summed E-state index contributed by atoms with van der Waals surface area (Å²) in [5, 5.41) is 9.15. The minimum Gasteiger partial charge on any atom is -0.480 e. The van der Waals surface area contributed by atoms with Crippen molar-refractivity contribution < 1.29 is 19.4 Å². The fraction of sp³-hybridized carbons (Fsp3) is 0.846. The van der Waals surface area contributed by atoms with Crippen LogP contribution in [0.1, 0.15) is 33.1 Å². The Morgan fingerprint density at radius 3 is 2.74 bits per heavy atom. The molecule has 1 heterocycles. The van der Waals surface area contributed by atoms with Gasteiger partial charge in [-0.3, -0.25) is 0 Å². The molecule has 1 fully saturated rings. The molecule has 0 saturated carbocycles. The number of carbonyl (C=O) groups is 2. The van der Waals surface area contributed by atoms with Gasteiger partial charge < -0.3 is 19.6 Å². The molecule has 1 aliphatic heterocycles. The summed E-state index contributed by atoms with van der Waals surface area (Å²) < 4.78 is 5.03. The molecule has 0 spiro atoms. The minimum absolute atomic E-state index is 0.0812. The molecule has 0 aliphatic carbocycles. The van der Waals surface area contributed by atoms with Crippen LogP contribution in [0.15, 0.2) is 0 Å². The normalized spacial score (nSPS) is 20.4. The van der Waals surface area contributed by atoms with Crippen LogP contribution in [-0.4, -0.2) is 65.8 Å². The van der Waals surface area contributed by atoms with Crippen molar-refractivity contribution in [2.75, 3.05) is 26.8 Å². The van der Waals surface area contributed by atoms with Crippen molar-refractivity contribution in [3.8, 4) is 0 Å². The summed E-state index contributed by atoms with van der Waals surface area (Å²) in [6, 6.07) is -0.782. The van der Waals surface area contributed by atoms with Gasteiger partial charge in [0.1, 0.15) is 6.04 Å². The number of nitrogens with zero attached hydrogens (tertiary/aromatic N) is 2. The fourth-order valence-electron chi connectivity index (χ4n) is 2.33. The highest BCUT2D eigenvalue weighted by atomic mass is 16.5. The lowest BCUT2D eigenvalue weighted by atomic mass is 10.2. The van der Waals surface area contributed by atoms with Crippen molar-refractivity contribution in [2.45, 2.75) is 45.2 Å². The van der Waals surface area contributed by atoms with Crippen LogP contribution in [0, 0.1) is 0 Å². The SMILES string of the molecule is CCC(C)N(CCOC)C(=O)N1CCC[C@H]1C(=O)O. The van der Waals surface area contributed by atoms with E-state index in [-0.39, 0.29) is 12.1 Å². The van der Waals surface area contributed by atoms with Gasteiger partial charge in [0.2, 0.25) is 0 Å². The molecule has 1 unspecified atom stereocenters. The summed E-state index contributed by atoms with van der Waals surface area (Å²) >= 11 is 0. The van der Waals surface area contributed by atoms with Crippen LogP contribution in [0.4, 0.5) is 4.79 Å². The zero-order valence-corrected chi connectivity index (χ0v) is 12.0. The maximum absolute atomic E-state index is 12.5. The molecule has 1 N–H and O–H groups in total. The molecule has 0 aromatic carbocycles. The van der Waals surface area contributed by atoms with Crippen LogP contribution in [0.25, 0.3) is 0 Å². The lowest BCUT2D eigenvalue weighted by Crippen LogP contribution is -2.51. The van der Waals surface area contributed by atoms with Crippen molar-refractivity contribution in [3.05, 3.63) is 0 Å². The van der Waals surface area contributed by atoms with E-state index in [9.17, 15) is 9.59 Å². The zero-order valence-electron chi connectivity index (χ0n) is 12.0. The Morgan fingerprint density at radius 2 is 2.21 bits per heavy atom. The number of carboxylic acids is 1. The lowest BCUT2D eigenvalue weighted by molar-refractivity contribution is -0.141. The lowest BCUT2D eigenvalue weighted by Gasteiger charge is -2.34. The minimum atomic E-state index is -0.915. The molecule has 19 heavy (non-hydrogen) atoms. The second kappa shape index (κ2) is 7.33. The summed E-state index contributed by atoms with van der Waals surface area (Å²) in [5.74, 6) is -0.915. The average molecular weight is 272 g/mol. The maximum atomic E-state index is 12.5. The molecule has 1 rings (SSSR count). The number of carbonyl (C=O) groups excluding carboxylic acids is 1. The molecule has 110 valence electrons. The number of likely N-dealkylation sites (tertiary alicyclic amines) is 1. The molecule has 0 radical (unpaired) electrons. The van der Waals surface area contributed by atoms with Crippen molar-refractivity contribution in [3.63, 3.8) is 0 Å². The number of rotatable bonds is 6. The predicted octanol–water partition coefficient (Wildman–Crippen LogP) is 1.40. The van der Waals surface area contributed by atoms with Gasteiger partial charge in [0.25, 0.3) is 0 Å². The van der Waals surface area contributed by atoms with E-state index < -0.39 is 12.0 Å². The van der Waals surface area contributed by atoms with E-state index in [4.69, 9.17) is 9.84 Å². The Balaban J connectivity index is 2.77. The van der Waals surface area contributed by atoms with Gasteiger partial charge in [-0.1, -0.05) is 6.92 Å². The van der Waals surface area contributed by atoms with Crippen molar-refractivity contribution in [1.29, 1.82) is 0 Å². The molecule has 2 atom stereocenters. The van der Waals surface area contributed by atoms with E-state index in [0.29, 0.717) is 26.1 Å². The van der Waals surface area contributed by atoms with Gasteiger partial charge in [-0.2, -0.15) is 0 Å². The molecule has 1 aliphatic rings. The van der Waals surface area contributed by atoms with E-state index in [1.54, 1.807) is 12.0 Å². The molecule has 0 aromatic rings. The Morgan fingerprint density at radius 1 is 1.53 bits per heavy atom. The van der Waals surface area contributed by atoms with Crippen LogP contribution >= 0.6 is 0 Å². The number of aliphatic carboxylic acids is 1. The van der Waals surface area contributed by atoms with Gasteiger partial charge in [0, 0.05) is 26.2 Å². The fourth-order valence-corrected chi connectivity index (χ4v) is 2.33. The Hall–Kier alpha value is -1.30. The van der Waals surface area contributed by atoms with Gasteiger partial charge in [0.15, 0.2) is 0 Å². The third-order valence-corrected chi connectivity index (χ3v) is 3.69. The van der Waals surface area contributed by atoms with Gasteiger partial charge in [-0.05, 0) is 26.2 Å². The number of ether oxygens (including phenoxy) is 1. The highest BCUT2D eigenvalue weighted by Gasteiger charge is 2.36. The number of carboxylic acid groups (broad SMARTS) is 1. The smallest absolute Gasteiger partial charge is 0.326 e. The number of urea groups is 1.